The predicted octanol–water partition coefficient (Wildman–Crippen LogP) is 2.31. The minimum absolute atomic E-state index is 0.120. The van der Waals surface area contributed by atoms with E-state index < -0.39 is 46.5 Å². The Balaban J connectivity index is 1.26. The Morgan fingerprint density at radius 1 is 1.13 bits per heavy atom. The van der Waals surface area contributed by atoms with Crippen molar-refractivity contribution in [3.05, 3.63) is 40.2 Å². The highest BCUT2D eigenvalue weighted by Gasteiger charge is 2.39. The molecule has 1 atom stereocenters. The monoisotopic (exact) mass is 548 g/mol. The number of nitrogens with one attached hydrogen (secondary N) is 2. The number of aromatic amines is 1. The molecule has 1 aliphatic heterocycles. The van der Waals surface area contributed by atoms with Gasteiger partial charge in [-0.25, -0.2) is 15.1 Å². The molecule has 4 heterocycles. The van der Waals surface area contributed by atoms with Gasteiger partial charge in [0.05, 0.1) is 29.9 Å². The maximum atomic E-state index is 13.4. The molecule has 0 saturated carbocycles. The Bertz CT molecular complexity index is 1330. The smallest absolute Gasteiger partial charge is 0.369 e. The molecule has 1 aliphatic rings. The van der Waals surface area contributed by atoms with Crippen molar-refractivity contribution in [2.45, 2.75) is 44.2 Å². The van der Waals surface area contributed by atoms with Crippen LogP contribution in [0.4, 0.5) is 32.3 Å². The van der Waals surface area contributed by atoms with Gasteiger partial charge in [-0.2, -0.15) is 36.5 Å². The lowest BCUT2D eigenvalue weighted by molar-refractivity contribution is -0.140. The fraction of sp³-hybridized carbons (Fsp3) is 0.524. The molecule has 0 radical (unpaired) electrons. The second kappa shape index (κ2) is 10.5. The molecule has 11 nitrogen and oxygen atoms in total. The van der Waals surface area contributed by atoms with Crippen LogP contribution in [0.5, 0.6) is 0 Å². The highest BCUT2D eigenvalue weighted by molar-refractivity contribution is 5.80. The number of halogens is 6. The van der Waals surface area contributed by atoms with Crippen molar-refractivity contribution < 1.29 is 35.9 Å². The van der Waals surface area contributed by atoms with Crippen molar-refractivity contribution in [1.29, 1.82) is 0 Å². The van der Waals surface area contributed by atoms with Gasteiger partial charge in [0.25, 0.3) is 5.56 Å². The van der Waals surface area contributed by atoms with Crippen molar-refractivity contribution in [3.63, 3.8) is 0 Å². The van der Waals surface area contributed by atoms with E-state index in [1.807, 2.05) is 5.10 Å². The van der Waals surface area contributed by atoms with Crippen molar-refractivity contribution in [2.24, 2.45) is 0 Å². The summed E-state index contributed by atoms with van der Waals surface area (Å²) in [5, 5.41) is 11.2. The summed E-state index contributed by atoms with van der Waals surface area (Å²) in [5.74, 6) is -0.280. The summed E-state index contributed by atoms with van der Waals surface area (Å²) < 4.78 is 84.4. The van der Waals surface area contributed by atoms with Gasteiger partial charge in [0.15, 0.2) is 5.69 Å². The number of anilines is 1. The largest absolute Gasteiger partial charge is 0.435 e. The third-order valence-corrected chi connectivity index (χ3v) is 5.91. The van der Waals surface area contributed by atoms with Gasteiger partial charge in [-0.1, -0.05) is 0 Å². The molecular weight excluding hydrogens is 526 g/mol. The van der Waals surface area contributed by atoms with Crippen LogP contribution in [0.3, 0.4) is 0 Å². The van der Waals surface area contributed by atoms with Crippen LogP contribution in [-0.2, 0) is 21.9 Å². The first-order valence-electron chi connectivity index (χ1n) is 11.4. The number of aromatic nitrogens is 6. The van der Waals surface area contributed by atoms with Gasteiger partial charge in [-0.15, -0.1) is 0 Å². The molecule has 3 aromatic heterocycles. The zero-order valence-electron chi connectivity index (χ0n) is 19.8. The van der Waals surface area contributed by atoms with Crippen molar-refractivity contribution >= 4 is 22.8 Å². The Kier molecular flexibility index (Phi) is 7.57. The average molecular weight is 548 g/mol. The van der Waals surface area contributed by atoms with Gasteiger partial charge < -0.3 is 15.0 Å². The van der Waals surface area contributed by atoms with E-state index in [-0.39, 0.29) is 30.7 Å². The van der Waals surface area contributed by atoms with Crippen molar-refractivity contribution in [3.8, 4) is 0 Å². The normalized spacial score (nSPS) is 16.1. The van der Waals surface area contributed by atoms with E-state index in [0.717, 1.165) is 23.3 Å². The molecule has 0 spiro atoms. The van der Waals surface area contributed by atoms with Crippen LogP contribution >= 0.6 is 0 Å². The van der Waals surface area contributed by atoms with Crippen LogP contribution in [0.15, 0.2) is 23.4 Å². The first-order valence-corrected chi connectivity index (χ1v) is 11.4. The van der Waals surface area contributed by atoms with Crippen LogP contribution < -0.4 is 15.8 Å². The second-order valence-corrected chi connectivity index (χ2v) is 8.71. The van der Waals surface area contributed by atoms with Gasteiger partial charge in [0.2, 0.25) is 11.9 Å². The number of carbonyl (C=O) groups is 1. The van der Waals surface area contributed by atoms with Gasteiger partial charge >= 0.3 is 12.4 Å². The summed E-state index contributed by atoms with van der Waals surface area (Å²) in [6.45, 7) is 1.81. The molecular formula is C21H22F6N8O3. The molecule has 38 heavy (non-hydrogen) atoms. The number of hydrogen-bond acceptors (Lipinski definition) is 8. The number of amides is 1. The van der Waals surface area contributed by atoms with E-state index in [0.29, 0.717) is 25.9 Å². The summed E-state index contributed by atoms with van der Waals surface area (Å²) in [6.07, 6.45) is -5.89. The number of hydrogen-bond donors (Lipinski definition) is 2. The second-order valence-electron chi connectivity index (χ2n) is 8.71. The van der Waals surface area contributed by atoms with E-state index >= 15 is 0 Å². The lowest BCUT2D eigenvalue weighted by Crippen LogP contribution is -2.46. The number of fused-ring (bicyclic) bond motifs is 1. The number of rotatable bonds is 7. The Morgan fingerprint density at radius 3 is 2.39 bits per heavy atom. The molecule has 1 saturated heterocycles. The van der Waals surface area contributed by atoms with E-state index in [1.165, 1.54) is 6.92 Å². The topological polar surface area (TPSA) is 131 Å². The molecule has 0 aliphatic carbocycles. The molecule has 3 aromatic rings. The van der Waals surface area contributed by atoms with E-state index in [4.69, 9.17) is 4.74 Å². The minimum atomic E-state index is -4.85. The van der Waals surface area contributed by atoms with Crippen LogP contribution in [0.1, 0.15) is 37.1 Å². The number of piperidine rings is 1. The minimum Gasteiger partial charge on any atom is -0.369 e. The molecule has 1 unspecified atom stereocenters. The van der Waals surface area contributed by atoms with Crippen LogP contribution in [0.2, 0.25) is 0 Å². The molecule has 206 valence electrons. The zero-order valence-corrected chi connectivity index (χ0v) is 19.8. The van der Waals surface area contributed by atoms with Crippen LogP contribution in [0.25, 0.3) is 10.9 Å². The summed E-state index contributed by atoms with van der Waals surface area (Å²) in [4.78, 5) is 33.5. The van der Waals surface area contributed by atoms with E-state index in [2.05, 4.69) is 25.5 Å². The summed E-state index contributed by atoms with van der Waals surface area (Å²) in [6, 6.07) is -0.964. The number of alkyl halides is 6. The lowest BCUT2D eigenvalue weighted by atomic mass is 10.1. The highest BCUT2D eigenvalue weighted by atomic mass is 19.4. The molecule has 4 rings (SSSR count). The van der Waals surface area contributed by atoms with E-state index in [9.17, 15) is 35.9 Å². The third-order valence-electron chi connectivity index (χ3n) is 5.91. The van der Waals surface area contributed by atoms with Crippen LogP contribution in [0, 0.1) is 0 Å². The molecule has 1 fully saturated rings. The number of carbonyl (C=O) groups excluding carboxylic acids is 1. The van der Waals surface area contributed by atoms with Crippen molar-refractivity contribution in [1.82, 2.24) is 35.3 Å². The quantitative estimate of drug-likeness (QED) is 0.431. The predicted molar refractivity (Wildman–Crippen MR) is 119 cm³/mol. The summed E-state index contributed by atoms with van der Waals surface area (Å²) in [5.41, 5.74) is -3.42. The first-order chi connectivity index (χ1) is 17.8. The fourth-order valence-electron chi connectivity index (χ4n) is 4.05. The maximum absolute atomic E-state index is 13.4. The van der Waals surface area contributed by atoms with Gasteiger partial charge in [0, 0.05) is 31.5 Å². The average Bonchev–Trinajstić information content (AvgIpc) is 3.26. The van der Waals surface area contributed by atoms with Gasteiger partial charge in [0.1, 0.15) is 12.0 Å². The molecule has 0 bridgehead atoms. The lowest BCUT2D eigenvalue weighted by Gasteiger charge is -2.32. The Labute approximate surface area is 210 Å². The third kappa shape index (κ3) is 6.03. The van der Waals surface area contributed by atoms with Crippen LogP contribution in [-0.4, -0.2) is 68.2 Å². The van der Waals surface area contributed by atoms with Gasteiger partial charge in [-0.05, 0) is 19.8 Å². The Morgan fingerprint density at radius 2 is 1.79 bits per heavy atom. The Hall–Kier alpha value is -3.76. The van der Waals surface area contributed by atoms with E-state index in [1.54, 1.807) is 4.90 Å². The maximum Gasteiger partial charge on any atom is 0.435 e. The molecule has 0 aromatic carbocycles. The number of nitrogens with zero attached hydrogens (tertiary/aromatic N) is 6. The fourth-order valence-corrected chi connectivity index (χ4v) is 4.05. The molecule has 2 N–H and O–H groups in total. The van der Waals surface area contributed by atoms with Crippen molar-refractivity contribution in [2.75, 3.05) is 31.2 Å². The highest BCUT2D eigenvalue weighted by Crippen LogP contribution is 2.33. The number of H-pyrrole nitrogens is 1. The molecule has 17 heteroatoms. The molecule has 1 amide bonds. The zero-order chi connectivity index (χ0) is 27.7. The SMILES string of the molecule is CC(COCC(=O)NC1CCN(c2ncc(C(F)(F)F)cn2)CC1)n1nc(C(F)(F)F)c2c(=O)[nH]ncc21. The first kappa shape index (κ1) is 27.3. The number of ether oxygens (including phenoxy) is 1. The summed E-state index contributed by atoms with van der Waals surface area (Å²) >= 11 is 0. The van der Waals surface area contributed by atoms with Gasteiger partial charge in [-0.3, -0.25) is 14.3 Å². The summed E-state index contributed by atoms with van der Waals surface area (Å²) in [7, 11) is 0. The standard InChI is InChI=1S/C21H22F6N8O3/c1-11(35-14-8-30-32-18(37)16(14)17(33-35)21(25,26)27)9-38-10-15(36)31-13-2-4-34(5-3-13)19-28-6-12(7-29-19)20(22,23)24/h6-8,11,13H,2-5,9-10H2,1H3,(H,31,36)(H,32,37).